The average molecular weight is 236 g/mol. The van der Waals surface area contributed by atoms with E-state index in [9.17, 15) is 0 Å². The van der Waals surface area contributed by atoms with E-state index >= 15 is 0 Å². The molecule has 1 unspecified atom stereocenters. The number of hydrogen-bond acceptors (Lipinski definition) is 3. The van der Waals surface area contributed by atoms with Crippen molar-refractivity contribution in [3.63, 3.8) is 0 Å². The normalized spacial score (nSPS) is 24.1. The third-order valence-electron chi connectivity index (χ3n) is 3.46. The first-order valence-corrected chi connectivity index (χ1v) is 7.01. The molecule has 16 heavy (non-hydrogen) atoms. The molecule has 1 aromatic heterocycles. The maximum absolute atomic E-state index is 4.32. The molecule has 1 aliphatic rings. The summed E-state index contributed by atoms with van der Waals surface area (Å²) in [6.07, 6.45) is 3.13. The van der Waals surface area contributed by atoms with Gasteiger partial charge in [-0.05, 0) is 36.6 Å². The lowest BCUT2D eigenvalue weighted by atomic mass is 9.82. The fraction of sp³-hybridized carbons (Fsp3) is 0.615. The predicted molar refractivity (Wildman–Crippen MR) is 72.1 cm³/mol. The second-order valence-electron chi connectivity index (χ2n) is 5.15. The Hall–Kier alpha value is -0.700. The summed E-state index contributed by atoms with van der Waals surface area (Å²) in [6.45, 7) is 6.78. The molecule has 0 aliphatic carbocycles. The molecule has 0 radical (unpaired) electrons. The summed E-state index contributed by atoms with van der Waals surface area (Å²) in [5, 5.41) is 3.66. The summed E-state index contributed by atoms with van der Waals surface area (Å²) in [5.74, 6) is 2.48. The number of rotatable bonds is 2. The van der Waals surface area contributed by atoms with Crippen molar-refractivity contribution in [1.82, 2.24) is 4.98 Å². The largest absolute Gasteiger partial charge is 0.379 e. The van der Waals surface area contributed by atoms with E-state index in [2.05, 4.69) is 37.1 Å². The predicted octanol–water partition coefficient (Wildman–Crippen LogP) is 3.33. The van der Waals surface area contributed by atoms with Crippen molar-refractivity contribution < 1.29 is 0 Å². The molecule has 1 aromatic rings. The number of anilines is 1. The van der Waals surface area contributed by atoms with Gasteiger partial charge in [0.05, 0.1) is 11.4 Å². The highest BCUT2D eigenvalue weighted by atomic mass is 32.2. The van der Waals surface area contributed by atoms with Crippen LogP contribution in [0.4, 0.5) is 5.69 Å². The fourth-order valence-corrected chi connectivity index (χ4v) is 3.61. The van der Waals surface area contributed by atoms with Crippen molar-refractivity contribution >= 4 is 17.4 Å². The minimum Gasteiger partial charge on any atom is -0.379 e. The van der Waals surface area contributed by atoms with E-state index in [1.165, 1.54) is 23.6 Å². The molecule has 0 saturated carbocycles. The molecule has 1 N–H and O–H groups in total. The molecular formula is C13H20N2S. The van der Waals surface area contributed by atoms with E-state index in [0.717, 1.165) is 5.69 Å². The van der Waals surface area contributed by atoms with E-state index in [-0.39, 0.29) is 0 Å². The molecule has 0 spiro atoms. The van der Waals surface area contributed by atoms with Crippen molar-refractivity contribution in [3.05, 3.63) is 24.0 Å². The van der Waals surface area contributed by atoms with Crippen LogP contribution < -0.4 is 5.32 Å². The van der Waals surface area contributed by atoms with Crippen molar-refractivity contribution in [2.45, 2.75) is 33.2 Å². The van der Waals surface area contributed by atoms with Gasteiger partial charge in [0, 0.05) is 18.0 Å². The fourth-order valence-electron chi connectivity index (χ4n) is 2.00. The zero-order chi connectivity index (χ0) is 11.6. The lowest BCUT2D eigenvalue weighted by molar-refractivity contribution is 0.305. The van der Waals surface area contributed by atoms with Gasteiger partial charge in [0.2, 0.25) is 0 Å². The summed E-state index contributed by atoms with van der Waals surface area (Å²) < 4.78 is 0. The van der Waals surface area contributed by atoms with E-state index in [1.54, 1.807) is 0 Å². The highest BCUT2D eigenvalue weighted by molar-refractivity contribution is 7.99. The second-order valence-corrected chi connectivity index (χ2v) is 6.30. The van der Waals surface area contributed by atoms with Gasteiger partial charge in [-0.1, -0.05) is 13.8 Å². The Kier molecular flexibility index (Phi) is 3.43. The Morgan fingerprint density at radius 1 is 1.50 bits per heavy atom. The molecule has 0 aromatic carbocycles. The van der Waals surface area contributed by atoms with Gasteiger partial charge in [-0.3, -0.25) is 4.98 Å². The minimum atomic E-state index is 0.382. The number of aromatic nitrogens is 1. The van der Waals surface area contributed by atoms with Gasteiger partial charge in [0.1, 0.15) is 0 Å². The molecule has 88 valence electrons. The summed E-state index contributed by atoms with van der Waals surface area (Å²) in [7, 11) is 0. The van der Waals surface area contributed by atoms with Crippen LogP contribution in [0.1, 0.15) is 26.0 Å². The second kappa shape index (κ2) is 4.66. The summed E-state index contributed by atoms with van der Waals surface area (Å²) in [4.78, 5) is 4.32. The number of hydrogen-bond donors (Lipinski definition) is 1. The Bertz CT molecular complexity index is 363. The highest BCUT2D eigenvalue weighted by Gasteiger charge is 2.32. The zero-order valence-electron chi connectivity index (χ0n) is 10.3. The Morgan fingerprint density at radius 3 is 3.00 bits per heavy atom. The zero-order valence-corrected chi connectivity index (χ0v) is 11.1. The van der Waals surface area contributed by atoms with Gasteiger partial charge in [0.15, 0.2) is 0 Å². The minimum absolute atomic E-state index is 0.382. The van der Waals surface area contributed by atoms with E-state index < -0.39 is 0 Å². The monoisotopic (exact) mass is 236 g/mol. The molecule has 3 heteroatoms. The molecule has 2 heterocycles. The maximum Gasteiger partial charge on any atom is 0.0603 e. The first-order valence-electron chi connectivity index (χ1n) is 5.85. The summed E-state index contributed by atoms with van der Waals surface area (Å²) in [5.41, 5.74) is 2.66. The number of pyridine rings is 1. The van der Waals surface area contributed by atoms with E-state index in [4.69, 9.17) is 0 Å². The summed E-state index contributed by atoms with van der Waals surface area (Å²) >= 11 is 2.05. The maximum atomic E-state index is 4.32. The molecule has 0 bridgehead atoms. The Morgan fingerprint density at radius 2 is 2.31 bits per heavy atom. The standard InChI is InChI=1S/C13H20N2S/c1-10-11(5-4-7-14-10)15-12-9-16-8-6-13(12,2)3/h4-5,7,12,15H,6,8-9H2,1-3H3. The quantitative estimate of drug-likeness (QED) is 0.852. The van der Waals surface area contributed by atoms with Crippen LogP contribution in [0.2, 0.25) is 0 Å². The molecule has 0 amide bonds. The Balaban J connectivity index is 2.12. The third-order valence-corrected chi connectivity index (χ3v) is 4.52. The SMILES string of the molecule is Cc1ncccc1NC1CSCCC1(C)C. The smallest absolute Gasteiger partial charge is 0.0603 e. The number of nitrogens with one attached hydrogen (secondary N) is 1. The van der Waals surface area contributed by atoms with Crippen molar-refractivity contribution in [1.29, 1.82) is 0 Å². The highest BCUT2D eigenvalue weighted by Crippen LogP contribution is 2.36. The topological polar surface area (TPSA) is 24.9 Å². The van der Waals surface area contributed by atoms with Crippen LogP contribution in [0.25, 0.3) is 0 Å². The average Bonchev–Trinajstić information content (AvgIpc) is 2.24. The van der Waals surface area contributed by atoms with Crippen LogP contribution >= 0.6 is 11.8 Å². The molecule has 2 nitrogen and oxygen atoms in total. The third kappa shape index (κ3) is 2.51. The molecule has 1 fully saturated rings. The van der Waals surface area contributed by atoms with Gasteiger partial charge < -0.3 is 5.32 Å². The van der Waals surface area contributed by atoms with Gasteiger partial charge >= 0.3 is 0 Å². The van der Waals surface area contributed by atoms with Crippen molar-refractivity contribution in [2.24, 2.45) is 5.41 Å². The number of aryl methyl sites for hydroxylation is 1. The molecule has 1 aliphatic heterocycles. The lowest BCUT2D eigenvalue weighted by Crippen LogP contribution is -2.41. The Labute approximate surface area is 102 Å². The van der Waals surface area contributed by atoms with Gasteiger partial charge in [-0.25, -0.2) is 0 Å². The van der Waals surface area contributed by atoms with Crippen LogP contribution in [0.5, 0.6) is 0 Å². The van der Waals surface area contributed by atoms with E-state index in [0.29, 0.717) is 11.5 Å². The molecular weight excluding hydrogens is 216 g/mol. The number of nitrogens with zero attached hydrogens (tertiary/aromatic N) is 1. The number of thioether (sulfide) groups is 1. The van der Waals surface area contributed by atoms with Gasteiger partial charge in [-0.2, -0.15) is 11.8 Å². The van der Waals surface area contributed by atoms with Crippen LogP contribution in [0.15, 0.2) is 18.3 Å². The van der Waals surface area contributed by atoms with Crippen LogP contribution in [0.3, 0.4) is 0 Å². The van der Waals surface area contributed by atoms with Crippen LogP contribution in [-0.2, 0) is 0 Å². The van der Waals surface area contributed by atoms with Gasteiger partial charge in [0.25, 0.3) is 0 Å². The first kappa shape index (κ1) is 11.8. The lowest BCUT2D eigenvalue weighted by Gasteiger charge is -2.39. The van der Waals surface area contributed by atoms with E-state index in [1.807, 2.05) is 24.0 Å². The molecule has 2 rings (SSSR count). The summed E-state index contributed by atoms with van der Waals surface area (Å²) in [6, 6.07) is 4.67. The van der Waals surface area contributed by atoms with Crippen LogP contribution in [-0.4, -0.2) is 22.5 Å². The molecule has 1 saturated heterocycles. The van der Waals surface area contributed by atoms with Crippen molar-refractivity contribution in [2.75, 3.05) is 16.8 Å². The molecule has 1 atom stereocenters. The van der Waals surface area contributed by atoms with Gasteiger partial charge in [-0.15, -0.1) is 0 Å². The first-order chi connectivity index (χ1) is 7.59. The van der Waals surface area contributed by atoms with Crippen LogP contribution in [0, 0.1) is 12.3 Å². The van der Waals surface area contributed by atoms with Crippen molar-refractivity contribution in [3.8, 4) is 0 Å².